The van der Waals surface area contributed by atoms with E-state index in [-0.39, 0.29) is 91.8 Å². The molecule has 12 nitrogen and oxygen atoms in total. The van der Waals surface area contributed by atoms with Gasteiger partial charge in [-0.2, -0.15) is 5.11 Å². The van der Waals surface area contributed by atoms with E-state index < -0.39 is 47.6 Å². The number of sulfone groups is 1. The maximum Gasteiger partial charge on any atom is 1.00 e. The van der Waals surface area contributed by atoms with E-state index in [4.69, 9.17) is 5.73 Å². The molecule has 176 valence electrons. The molecular formula is C18H15N3Na2O9S3. The van der Waals surface area contributed by atoms with E-state index >= 15 is 0 Å². The summed E-state index contributed by atoms with van der Waals surface area (Å²) in [6, 6.07) is 11.8. The summed E-state index contributed by atoms with van der Waals surface area (Å²) in [6.07, 6.45) is 0. The minimum atomic E-state index is -5.00. The van der Waals surface area contributed by atoms with E-state index in [0.717, 1.165) is 0 Å². The number of rotatable bonds is 8. The van der Waals surface area contributed by atoms with Gasteiger partial charge in [-0.3, -0.25) is 4.18 Å². The second-order valence-electron chi connectivity index (χ2n) is 6.55. The van der Waals surface area contributed by atoms with Crippen molar-refractivity contribution in [2.75, 3.05) is 18.1 Å². The normalized spacial score (nSPS) is 12.3. The van der Waals surface area contributed by atoms with Crippen LogP contribution in [-0.2, 0) is 34.5 Å². The number of nitrogens with zero attached hydrogens (tertiary/aromatic N) is 2. The Morgan fingerprint density at radius 2 is 1.43 bits per heavy atom. The fraction of sp³-hybridized carbons (Fsp3) is 0.111. The molecule has 0 aromatic heterocycles. The first-order valence-corrected chi connectivity index (χ1v) is 13.3. The molecule has 0 aliphatic carbocycles. The van der Waals surface area contributed by atoms with Crippen molar-refractivity contribution in [3.05, 3.63) is 54.6 Å². The molecular weight excluding hydrogens is 544 g/mol. The molecule has 0 aliphatic heterocycles. The fourth-order valence-electron chi connectivity index (χ4n) is 2.85. The molecule has 35 heavy (non-hydrogen) atoms. The summed E-state index contributed by atoms with van der Waals surface area (Å²) in [7, 11) is -13.7. The maximum atomic E-state index is 12.2. The van der Waals surface area contributed by atoms with Crippen molar-refractivity contribution >= 4 is 58.2 Å². The van der Waals surface area contributed by atoms with Gasteiger partial charge < -0.3 is 14.8 Å². The average molecular weight is 560 g/mol. The van der Waals surface area contributed by atoms with E-state index in [9.17, 15) is 34.4 Å². The SMILES string of the molecule is Nc1ccc2c(S(=O)(=O)[O-])cccc2c1N=Nc1ccc(S(=O)(=O)CCOS(=O)(=O)[O-])cc1.[Na+].[Na+]. The van der Waals surface area contributed by atoms with Gasteiger partial charge in [0.15, 0.2) is 9.84 Å². The molecule has 17 heteroatoms. The number of fused-ring (bicyclic) bond motifs is 1. The quantitative estimate of drug-likeness (QED) is 0.0929. The van der Waals surface area contributed by atoms with Crippen molar-refractivity contribution in [3.8, 4) is 0 Å². The minimum Gasteiger partial charge on any atom is -0.744 e. The van der Waals surface area contributed by atoms with Crippen LogP contribution in [0.25, 0.3) is 10.8 Å². The summed E-state index contributed by atoms with van der Waals surface area (Å²) in [4.78, 5) is -0.594. The van der Waals surface area contributed by atoms with Crippen molar-refractivity contribution in [1.82, 2.24) is 0 Å². The second kappa shape index (κ2) is 12.5. The molecule has 0 atom stereocenters. The first kappa shape index (κ1) is 32.1. The predicted octanol–water partition coefficient (Wildman–Crippen LogP) is -4.00. The Hall–Kier alpha value is -0.950. The van der Waals surface area contributed by atoms with E-state index in [1.807, 2.05) is 0 Å². The largest absolute Gasteiger partial charge is 1.00 e. The van der Waals surface area contributed by atoms with Gasteiger partial charge in [0.2, 0.25) is 10.4 Å². The Morgan fingerprint density at radius 3 is 2.00 bits per heavy atom. The predicted molar refractivity (Wildman–Crippen MR) is 115 cm³/mol. The van der Waals surface area contributed by atoms with Crippen LogP contribution in [0, 0.1) is 0 Å². The van der Waals surface area contributed by atoms with E-state index in [0.29, 0.717) is 0 Å². The number of hydrogen-bond acceptors (Lipinski definition) is 12. The van der Waals surface area contributed by atoms with Gasteiger partial charge in [0.1, 0.15) is 15.8 Å². The molecule has 3 aromatic rings. The molecule has 0 spiro atoms. The van der Waals surface area contributed by atoms with Crippen LogP contribution in [-0.4, -0.2) is 46.7 Å². The summed E-state index contributed by atoms with van der Waals surface area (Å²) in [5, 5.41) is 8.41. The van der Waals surface area contributed by atoms with Gasteiger partial charge >= 0.3 is 59.1 Å². The van der Waals surface area contributed by atoms with Gasteiger partial charge in [-0.25, -0.2) is 25.3 Å². The number of nitrogen functional groups attached to an aromatic ring is 1. The number of nitrogens with two attached hydrogens (primary N) is 1. The van der Waals surface area contributed by atoms with Crippen LogP contribution >= 0.6 is 0 Å². The molecule has 3 rings (SSSR count). The maximum absolute atomic E-state index is 12.2. The monoisotopic (exact) mass is 559 g/mol. The number of hydrogen-bond donors (Lipinski definition) is 1. The molecule has 2 N–H and O–H groups in total. The molecule has 3 aromatic carbocycles. The second-order valence-corrected chi connectivity index (χ2v) is 11.1. The van der Waals surface area contributed by atoms with Crippen molar-refractivity contribution in [2.24, 2.45) is 10.2 Å². The number of anilines is 1. The molecule has 0 bridgehead atoms. The van der Waals surface area contributed by atoms with Crippen molar-refractivity contribution in [2.45, 2.75) is 9.79 Å². The molecule has 0 saturated carbocycles. The summed E-state index contributed by atoms with van der Waals surface area (Å²) in [6.45, 7) is -0.822. The summed E-state index contributed by atoms with van der Waals surface area (Å²) in [5.41, 5.74) is 6.43. The van der Waals surface area contributed by atoms with Crippen molar-refractivity contribution in [3.63, 3.8) is 0 Å². The first-order valence-electron chi connectivity index (χ1n) is 8.90. The van der Waals surface area contributed by atoms with E-state index in [2.05, 4.69) is 14.4 Å². The number of benzene rings is 3. The van der Waals surface area contributed by atoms with Crippen molar-refractivity contribution in [1.29, 1.82) is 0 Å². The van der Waals surface area contributed by atoms with Crippen LogP contribution in [0.1, 0.15) is 0 Å². The summed E-state index contributed by atoms with van der Waals surface area (Å²) in [5.74, 6) is -0.729. The van der Waals surface area contributed by atoms with E-state index in [1.165, 1.54) is 54.6 Å². The zero-order valence-corrected chi connectivity index (χ0v) is 24.9. The Labute approximate surface area is 246 Å². The van der Waals surface area contributed by atoms with Crippen LogP contribution in [0.5, 0.6) is 0 Å². The molecule has 0 radical (unpaired) electrons. The molecule has 0 saturated heterocycles. The van der Waals surface area contributed by atoms with Crippen LogP contribution in [0.4, 0.5) is 17.1 Å². The van der Waals surface area contributed by atoms with Gasteiger partial charge in [0.05, 0.1) is 33.5 Å². The van der Waals surface area contributed by atoms with Gasteiger partial charge in [0, 0.05) is 10.8 Å². The fourth-order valence-corrected chi connectivity index (χ4v) is 5.03. The molecule has 0 aliphatic rings. The smallest absolute Gasteiger partial charge is 0.744 e. The Kier molecular flexibility index (Phi) is 11.5. The standard InChI is InChI=1S/C18H17N3O9S3.2Na/c19-16-9-8-14-15(2-1-3-17(14)32(24,25)26)18(16)21-20-12-4-6-13(7-5-12)31(22,23)11-10-30-33(27,28)29;;/h1-9H,10-11,19H2,(H,24,25,26)(H,27,28,29);;/q;2*+1/p-2. The molecule has 0 fully saturated rings. The zero-order valence-electron chi connectivity index (χ0n) is 18.5. The van der Waals surface area contributed by atoms with Gasteiger partial charge in [-0.15, -0.1) is 5.11 Å². The molecule has 0 unspecified atom stereocenters. The molecule has 0 amide bonds. The topological polar surface area (TPSA) is 209 Å². The van der Waals surface area contributed by atoms with Crippen molar-refractivity contribution < 1.29 is 97.7 Å². The minimum absolute atomic E-state index is 0. The third-order valence-electron chi connectivity index (χ3n) is 4.33. The van der Waals surface area contributed by atoms with Crippen LogP contribution in [0.2, 0.25) is 0 Å². The van der Waals surface area contributed by atoms with Gasteiger partial charge in [-0.1, -0.05) is 18.2 Å². The van der Waals surface area contributed by atoms with Gasteiger partial charge in [-0.05, 0) is 36.4 Å². The average Bonchev–Trinajstić information content (AvgIpc) is 2.71. The van der Waals surface area contributed by atoms with Crippen LogP contribution in [0.3, 0.4) is 0 Å². The van der Waals surface area contributed by atoms with Gasteiger partial charge in [0.25, 0.3) is 0 Å². The van der Waals surface area contributed by atoms with Crippen LogP contribution < -0.4 is 64.8 Å². The van der Waals surface area contributed by atoms with Crippen LogP contribution in [0.15, 0.2) is 74.6 Å². The Bertz CT molecular complexity index is 1560. The van der Waals surface area contributed by atoms with E-state index in [1.54, 1.807) is 0 Å². The Morgan fingerprint density at radius 1 is 0.800 bits per heavy atom. The summed E-state index contributed by atoms with van der Waals surface area (Å²) < 4.78 is 94.0. The third kappa shape index (κ3) is 8.55. The third-order valence-corrected chi connectivity index (χ3v) is 7.38. The number of azo groups is 1. The first-order chi connectivity index (χ1) is 15.3. The zero-order chi connectivity index (χ0) is 24.4. The molecule has 0 heterocycles. The Balaban J connectivity index is 0.00000306. The summed E-state index contributed by atoms with van der Waals surface area (Å²) >= 11 is 0.